The smallest absolute Gasteiger partial charge is 0.00506 e. The summed E-state index contributed by atoms with van der Waals surface area (Å²) < 4.78 is 59.2. The summed E-state index contributed by atoms with van der Waals surface area (Å²) in [6.07, 6.45) is 10.0. The van der Waals surface area contributed by atoms with Crippen LogP contribution in [0, 0.1) is 6.42 Å². The van der Waals surface area contributed by atoms with Crippen LogP contribution in [-0.4, -0.2) is 0 Å². The molecule has 0 aliphatic heterocycles. The van der Waals surface area contributed by atoms with Gasteiger partial charge in [0.15, 0.2) is 0 Å². The average Bonchev–Trinajstić information content (AvgIpc) is 2.76. The second-order valence-corrected chi connectivity index (χ2v) is 6.15. The molecule has 1 radical (unpaired) electrons. The van der Waals surface area contributed by atoms with Gasteiger partial charge in [0, 0.05) is 33.5 Å². The third kappa shape index (κ3) is 28.6. The molecule has 0 spiro atoms. The van der Waals surface area contributed by atoms with Crippen molar-refractivity contribution in [3.63, 3.8) is 0 Å². The maximum Gasteiger partial charge on any atom is 0.00506 e. The molecule has 1 aliphatic carbocycles. The minimum absolute atomic E-state index is 0. The molecule has 0 N–H and O–H groups in total. The van der Waals surface area contributed by atoms with E-state index in [4.69, 9.17) is 23.2 Å². The molecular formula is C11H9Cl2F6FeP-. The number of benzene rings is 1. The Hall–Kier alpha value is -0.191. The van der Waals surface area contributed by atoms with Crippen molar-refractivity contribution in [1.29, 1.82) is 0 Å². The van der Waals surface area contributed by atoms with Crippen LogP contribution in [0.2, 0.25) is 10.0 Å². The Morgan fingerprint density at radius 1 is 0.619 bits per heavy atom. The molecular weight excluding hydrogens is 404 g/mol. The van der Waals surface area contributed by atoms with Crippen molar-refractivity contribution in [2.24, 2.45) is 0 Å². The van der Waals surface area contributed by atoms with E-state index in [0.717, 1.165) is 10.0 Å². The van der Waals surface area contributed by atoms with E-state index in [2.05, 4.69) is 0 Å². The number of allylic oxidation sites excluding steroid dienone is 4. The molecule has 0 atom stereocenters. The van der Waals surface area contributed by atoms with Crippen LogP contribution < -0.4 is 0 Å². The van der Waals surface area contributed by atoms with Crippen LogP contribution in [-0.2, 0) is 17.1 Å². The Bertz CT molecular complexity index is 438. The van der Waals surface area contributed by atoms with Gasteiger partial charge in [-0.3, -0.25) is 0 Å². The minimum Gasteiger partial charge on any atom is -0.0767 e. The number of halogens is 8. The van der Waals surface area contributed by atoms with Crippen LogP contribution >= 0.6 is 31.0 Å². The van der Waals surface area contributed by atoms with Crippen LogP contribution in [0.3, 0.4) is 0 Å². The van der Waals surface area contributed by atoms with E-state index in [1.54, 1.807) is 24.3 Å². The van der Waals surface area contributed by atoms with E-state index in [1.807, 2.05) is 30.7 Å². The van der Waals surface area contributed by atoms with Gasteiger partial charge in [0.05, 0.1) is 0 Å². The molecule has 10 heteroatoms. The molecule has 0 heterocycles. The van der Waals surface area contributed by atoms with Crippen LogP contribution in [0.25, 0.3) is 0 Å². The fourth-order valence-electron chi connectivity index (χ4n) is 0.750. The van der Waals surface area contributed by atoms with E-state index >= 15 is 0 Å². The third-order valence-electron chi connectivity index (χ3n) is 1.36. The van der Waals surface area contributed by atoms with Crippen LogP contribution in [0.4, 0.5) is 25.2 Å². The van der Waals surface area contributed by atoms with Crippen molar-refractivity contribution in [2.45, 2.75) is 0 Å². The van der Waals surface area contributed by atoms with E-state index < -0.39 is 7.81 Å². The van der Waals surface area contributed by atoms with Gasteiger partial charge in [0.25, 0.3) is 0 Å². The molecule has 123 valence electrons. The van der Waals surface area contributed by atoms with E-state index in [-0.39, 0.29) is 17.1 Å². The summed E-state index contributed by atoms with van der Waals surface area (Å²) in [5, 5.41) is 1.43. The predicted molar refractivity (Wildman–Crippen MR) is 72.6 cm³/mol. The Labute approximate surface area is 138 Å². The second kappa shape index (κ2) is 7.89. The number of hydrogen-bond acceptors (Lipinski definition) is 0. The van der Waals surface area contributed by atoms with Crippen molar-refractivity contribution < 1.29 is 42.3 Å². The molecule has 0 amide bonds. The van der Waals surface area contributed by atoms with Crippen LogP contribution in [0.1, 0.15) is 0 Å². The summed E-state index contributed by atoms with van der Waals surface area (Å²) in [7, 11) is -10.7. The molecule has 0 fully saturated rings. The number of hydrogen-bond donors (Lipinski definition) is 0. The monoisotopic (exact) mass is 412 g/mol. The molecule has 0 saturated heterocycles. The van der Waals surface area contributed by atoms with Gasteiger partial charge in [0.1, 0.15) is 0 Å². The first-order valence-electron chi connectivity index (χ1n) is 4.88. The largest absolute Gasteiger partial charge is 0.0767 e. The third-order valence-corrected chi connectivity index (χ3v) is 1.86. The average molecular weight is 413 g/mol. The van der Waals surface area contributed by atoms with E-state index in [1.165, 1.54) is 0 Å². The normalized spacial score (nSPS) is 15.4. The van der Waals surface area contributed by atoms with Gasteiger partial charge in [-0.2, -0.15) is 0 Å². The maximum absolute atomic E-state index is 10.7. The van der Waals surface area contributed by atoms with Crippen molar-refractivity contribution in [3.8, 4) is 0 Å². The van der Waals surface area contributed by atoms with Crippen LogP contribution in [0.15, 0.2) is 48.6 Å². The Morgan fingerprint density at radius 2 is 0.857 bits per heavy atom. The summed E-state index contributed by atoms with van der Waals surface area (Å²) in [4.78, 5) is 0. The molecule has 0 bridgehead atoms. The molecule has 1 aliphatic rings. The first-order chi connectivity index (χ1) is 8.74. The molecule has 2 rings (SSSR count). The summed E-state index contributed by atoms with van der Waals surface area (Å²) in [5.41, 5.74) is 0. The van der Waals surface area contributed by atoms with Gasteiger partial charge in [-0.05, 0) is 24.3 Å². The first kappa shape index (κ1) is 23.1. The quantitative estimate of drug-likeness (QED) is 0.233. The zero-order valence-electron chi connectivity index (χ0n) is 10.0. The van der Waals surface area contributed by atoms with Crippen molar-refractivity contribution in [1.82, 2.24) is 0 Å². The van der Waals surface area contributed by atoms with E-state index in [0.29, 0.717) is 0 Å². The molecule has 1 aromatic carbocycles. The SMILES string of the molecule is Clc1ccc(Cl)cc1.F[P-](F)(F)(F)(F)F.[CH]1C=CC=C1.[Fe]. The van der Waals surface area contributed by atoms with Gasteiger partial charge in [0.2, 0.25) is 0 Å². The molecule has 0 aromatic heterocycles. The zero-order valence-corrected chi connectivity index (χ0v) is 13.5. The molecule has 0 nitrogen and oxygen atoms in total. The van der Waals surface area contributed by atoms with Gasteiger partial charge in [-0.1, -0.05) is 47.5 Å². The predicted octanol–water partition coefficient (Wildman–Crippen LogP) is 7.69. The van der Waals surface area contributed by atoms with Crippen LogP contribution in [0.5, 0.6) is 0 Å². The Balaban J connectivity index is 0. The van der Waals surface area contributed by atoms with Gasteiger partial charge < -0.3 is 0 Å². The van der Waals surface area contributed by atoms with Gasteiger partial charge >= 0.3 is 33.0 Å². The maximum atomic E-state index is 9.87. The standard InChI is InChI=1S/C6H4Cl2.C5H5.F6P.Fe/c7-5-1-2-6(8)4-3-5;1-2-4-5-3-1;1-7(2,3,4,5)6;/h1-4H;1-5H;;/q;;-1;. The fraction of sp³-hybridized carbons (Fsp3) is 0. The summed E-state index contributed by atoms with van der Waals surface area (Å²) in [6.45, 7) is 0. The van der Waals surface area contributed by atoms with Gasteiger partial charge in [-0.15, -0.1) is 0 Å². The van der Waals surface area contributed by atoms with E-state index in [9.17, 15) is 25.2 Å². The van der Waals surface area contributed by atoms with Gasteiger partial charge in [-0.25, -0.2) is 0 Å². The molecule has 0 unspecified atom stereocenters. The molecule has 0 saturated carbocycles. The zero-order chi connectivity index (χ0) is 15.9. The van der Waals surface area contributed by atoms with Crippen molar-refractivity contribution in [2.75, 3.05) is 0 Å². The molecule has 21 heavy (non-hydrogen) atoms. The first-order valence-corrected chi connectivity index (χ1v) is 7.66. The van der Waals surface area contributed by atoms with Crippen molar-refractivity contribution in [3.05, 3.63) is 65.0 Å². The van der Waals surface area contributed by atoms with Crippen molar-refractivity contribution >= 4 is 31.0 Å². The Morgan fingerprint density at radius 3 is 1.00 bits per heavy atom. The minimum atomic E-state index is -10.7. The summed E-state index contributed by atoms with van der Waals surface area (Å²) in [6, 6.07) is 7.02. The molecule has 1 aromatic rings. The number of rotatable bonds is 0. The second-order valence-electron chi connectivity index (χ2n) is 3.36. The fourth-order valence-corrected chi connectivity index (χ4v) is 1.00. The Kier molecular flexibility index (Phi) is 8.67. The summed E-state index contributed by atoms with van der Waals surface area (Å²) in [5.74, 6) is 0. The summed E-state index contributed by atoms with van der Waals surface area (Å²) >= 11 is 11.1. The topological polar surface area (TPSA) is 0 Å².